The van der Waals surface area contributed by atoms with Gasteiger partial charge in [0.1, 0.15) is 12.3 Å². The van der Waals surface area contributed by atoms with E-state index in [1.165, 1.54) is 7.11 Å². The van der Waals surface area contributed by atoms with Crippen LogP contribution in [-0.2, 0) is 14.8 Å². The standard InChI is InChI=1S/C22H31N3O4S/c1-17-7-10-19(11-8-17)30(27,28)25(16-22(26)23-13-6-14-24(3)4)20-15-18(2)9-12-21(20)29-5/h7-12,15H,6,13-14,16H2,1-5H3,(H,23,26). The number of methoxy groups -OCH3 is 1. The fourth-order valence-corrected chi connectivity index (χ4v) is 4.36. The zero-order valence-corrected chi connectivity index (χ0v) is 19.1. The van der Waals surface area contributed by atoms with E-state index in [9.17, 15) is 13.2 Å². The Bertz CT molecular complexity index is 957. The summed E-state index contributed by atoms with van der Waals surface area (Å²) >= 11 is 0. The number of hydrogen-bond acceptors (Lipinski definition) is 5. The molecule has 1 amide bonds. The summed E-state index contributed by atoms with van der Waals surface area (Å²) in [6.07, 6.45) is 0.775. The highest BCUT2D eigenvalue weighted by Gasteiger charge is 2.29. The Kier molecular flexibility index (Phi) is 8.25. The van der Waals surface area contributed by atoms with Gasteiger partial charge in [0, 0.05) is 6.54 Å². The third-order valence-corrected chi connectivity index (χ3v) is 6.38. The number of benzene rings is 2. The van der Waals surface area contributed by atoms with Gasteiger partial charge < -0.3 is 15.0 Å². The van der Waals surface area contributed by atoms with Crippen LogP contribution in [0.15, 0.2) is 47.4 Å². The van der Waals surface area contributed by atoms with Crippen molar-refractivity contribution in [2.75, 3.05) is 45.1 Å². The lowest BCUT2D eigenvalue weighted by atomic mass is 10.2. The maximum atomic E-state index is 13.5. The summed E-state index contributed by atoms with van der Waals surface area (Å²) in [5.74, 6) is 0.0182. The lowest BCUT2D eigenvalue weighted by molar-refractivity contribution is -0.119. The summed E-state index contributed by atoms with van der Waals surface area (Å²) in [4.78, 5) is 14.8. The molecule has 2 aromatic rings. The Morgan fingerprint density at radius 1 is 1.03 bits per heavy atom. The zero-order chi connectivity index (χ0) is 22.3. The van der Waals surface area contributed by atoms with E-state index in [1.807, 2.05) is 38.9 Å². The molecule has 0 atom stereocenters. The number of nitrogens with zero attached hydrogens (tertiary/aromatic N) is 2. The van der Waals surface area contributed by atoms with Gasteiger partial charge >= 0.3 is 0 Å². The molecule has 0 saturated heterocycles. The van der Waals surface area contributed by atoms with Crippen LogP contribution in [0.1, 0.15) is 17.5 Å². The van der Waals surface area contributed by atoms with E-state index in [2.05, 4.69) is 5.32 Å². The predicted molar refractivity (Wildman–Crippen MR) is 120 cm³/mol. The van der Waals surface area contributed by atoms with E-state index in [1.54, 1.807) is 36.4 Å². The second-order valence-electron chi connectivity index (χ2n) is 7.51. The molecule has 2 aromatic carbocycles. The predicted octanol–water partition coefficient (Wildman–Crippen LogP) is 2.58. The molecule has 0 aliphatic rings. The maximum Gasteiger partial charge on any atom is 0.264 e. The molecular formula is C22H31N3O4S. The fraction of sp³-hybridized carbons (Fsp3) is 0.409. The number of ether oxygens (including phenoxy) is 1. The number of carbonyl (C=O) groups excluding carboxylic acids is 1. The van der Waals surface area contributed by atoms with Crippen LogP contribution in [0.25, 0.3) is 0 Å². The first-order valence-corrected chi connectivity index (χ1v) is 11.2. The fourth-order valence-electron chi connectivity index (χ4n) is 2.94. The summed E-state index contributed by atoms with van der Waals surface area (Å²) in [7, 11) is 1.42. The zero-order valence-electron chi connectivity index (χ0n) is 18.3. The molecule has 0 saturated carbocycles. The molecule has 0 aromatic heterocycles. The lowest BCUT2D eigenvalue weighted by Crippen LogP contribution is -2.41. The summed E-state index contributed by atoms with van der Waals surface area (Å²) in [6, 6.07) is 11.8. The number of amides is 1. The van der Waals surface area contributed by atoms with E-state index in [0.29, 0.717) is 18.0 Å². The second-order valence-corrected chi connectivity index (χ2v) is 9.37. The van der Waals surface area contributed by atoms with E-state index >= 15 is 0 Å². The van der Waals surface area contributed by atoms with Crippen LogP contribution in [0.2, 0.25) is 0 Å². The molecule has 0 heterocycles. The minimum absolute atomic E-state index is 0.122. The van der Waals surface area contributed by atoms with Gasteiger partial charge in [-0.2, -0.15) is 0 Å². The van der Waals surface area contributed by atoms with Crippen molar-refractivity contribution >= 4 is 21.6 Å². The van der Waals surface area contributed by atoms with Gasteiger partial charge in [-0.15, -0.1) is 0 Å². The first-order chi connectivity index (χ1) is 14.1. The van der Waals surface area contributed by atoms with Crippen LogP contribution in [0.5, 0.6) is 5.75 Å². The van der Waals surface area contributed by atoms with Crippen molar-refractivity contribution < 1.29 is 17.9 Å². The molecule has 7 nitrogen and oxygen atoms in total. The van der Waals surface area contributed by atoms with Crippen molar-refractivity contribution in [2.45, 2.75) is 25.2 Å². The molecule has 164 valence electrons. The normalized spacial score (nSPS) is 11.4. The van der Waals surface area contributed by atoms with E-state index < -0.39 is 10.0 Å². The van der Waals surface area contributed by atoms with Crippen LogP contribution in [0, 0.1) is 13.8 Å². The monoisotopic (exact) mass is 433 g/mol. The van der Waals surface area contributed by atoms with Crippen molar-refractivity contribution in [2.24, 2.45) is 0 Å². The smallest absolute Gasteiger partial charge is 0.264 e. The van der Waals surface area contributed by atoms with E-state index in [4.69, 9.17) is 4.74 Å². The lowest BCUT2D eigenvalue weighted by Gasteiger charge is -2.26. The Morgan fingerprint density at radius 2 is 1.67 bits per heavy atom. The number of nitrogens with one attached hydrogen (secondary N) is 1. The van der Waals surface area contributed by atoms with Crippen molar-refractivity contribution in [3.05, 3.63) is 53.6 Å². The SMILES string of the molecule is COc1ccc(C)cc1N(CC(=O)NCCCN(C)C)S(=O)(=O)c1ccc(C)cc1. The van der Waals surface area contributed by atoms with Gasteiger partial charge in [0.05, 0.1) is 17.7 Å². The Morgan fingerprint density at radius 3 is 2.27 bits per heavy atom. The minimum Gasteiger partial charge on any atom is -0.495 e. The molecule has 0 spiro atoms. The van der Waals surface area contributed by atoms with E-state index in [-0.39, 0.29) is 17.3 Å². The van der Waals surface area contributed by atoms with Gasteiger partial charge in [-0.3, -0.25) is 9.10 Å². The molecule has 0 fully saturated rings. The minimum atomic E-state index is -3.98. The van der Waals surface area contributed by atoms with Crippen molar-refractivity contribution in [1.29, 1.82) is 0 Å². The Labute approximate surface area is 179 Å². The third kappa shape index (κ3) is 6.21. The quantitative estimate of drug-likeness (QED) is 0.583. The number of carbonyl (C=O) groups is 1. The van der Waals surface area contributed by atoms with Gasteiger partial charge in [0.25, 0.3) is 10.0 Å². The molecule has 0 bridgehead atoms. The number of sulfonamides is 1. The molecular weight excluding hydrogens is 402 g/mol. The molecule has 30 heavy (non-hydrogen) atoms. The number of aryl methyl sites for hydroxylation is 2. The highest BCUT2D eigenvalue weighted by Crippen LogP contribution is 2.33. The third-order valence-electron chi connectivity index (χ3n) is 4.60. The molecule has 2 rings (SSSR count). The molecule has 0 aliphatic carbocycles. The summed E-state index contributed by atoms with van der Waals surface area (Å²) in [5.41, 5.74) is 2.15. The molecule has 8 heteroatoms. The molecule has 0 radical (unpaired) electrons. The van der Waals surface area contributed by atoms with E-state index in [0.717, 1.165) is 28.4 Å². The van der Waals surface area contributed by atoms with Gasteiger partial charge in [0.2, 0.25) is 5.91 Å². The Hall–Kier alpha value is -2.58. The first-order valence-electron chi connectivity index (χ1n) is 9.80. The van der Waals surface area contributed by atoms with Crippen LogP contribution < -0.4 is 14.4 Å². The average Bonchev–Trinajstić information content (AvgIpc) is 2.69. The van der Waals surface area contributed by atoms with Crippen LogP contribution in [0.4, 0.5) is 5.69 Å². The summed E-state index contributed by atoms with van der Waals surface area (Å²) in [5, 5.41) is 2.81. The topological polar surface area (TPSA) is 79.0 Å². The maximum absolute atomic E-state index is 13.5. The average molecular weight is 434 g/mol. The van der Waals surface area contributed by atoms with Crippen LogP contribution in [0.3, 0.4) is 0 Å². The molecule has 1 N–H and O–H groups in total. The first kappa shape index (κ1) is 23.7. The number of rotatable bonds is 10. The van der Waals surface area contributed by atoms with Crippen LogP contribution in [-0.4, -0.2) is 60.1 Å². The van der Waals surface area contributed by atoms with Gasteiger partial charge in [0.15, 0.2) is 0 Å². The van der Waals surface area contributed by atoms with Gasteiger partial charge in [-0.05, 0) is 70.7 Å². The number of hydrogen-bond donors (Lipinski definition) is 1. The second kappa shape index (κ2) is 10.4. The summed E-state index contributed by atoms with van der Waals surface area (Å²) in [6.45, 7) is 4.72. The van der Waals surface area contributed by atoms with Crippen LogP contribution >= 0.6 is 0 Å². The van der Waals surface area contributed by atoms with Gasteiger partial charge in [-0.25, -0.2) is 8.42 Å². The Balaban J connectivity index is 2.37. The summed E-state index contributed by atoms with van der Waals surface area (Å²) < 4.78 is 33.4. The molecule has 0 unspecified atom stereocenters. The van der Waals surface area contributed by atoms with Gasteiger partial charge in [-0.1, -0.05) is 23.8 Å². The van der Waals surface area contributed by atoms with Crippen molar-refractivity contribution in [3.63, 3.8) is 0 Å². The van der Waals surface area contributed by atoms with Crippen molar-refractivity contribution in [3.8, 4) is 5.75 Å². The van der Waals surface area contributed by atoms with Crippen molar-refractivity contribution in [1.82, 2.24) is 10.2 Å². The largest absolute Gasteiger partial charge is 0.495 e. The highest BCUT2D eigenvalue weighted by atomic mass is 32.2. The number of anilines is 1. The highest BCUT2D eigenvalue weighted by molar-refractivity contribution is 7.92. The molecule has 0 aliphatic heterocycles.